The zero-order valence-electron chi connectivity index (χ0n) is 8.87. The molecule has 0 aliphatic carbocycles. The largest absolute Gasteiger partial charge is 0.438 e. The number of nitrogens with zero attached hydrogens (tertiary/aromatic N) is 1. The van der Waals surface area contributed by atoms with Gasteiger partial charge in [0.1, 0.15) is 5.60 Å². The maximum absolute atomic E-state index is 11.6. The average Bonchev–Trinajstić information content (AvgIpc) is 2.13. The number of carbonyl (C=O) groups is 1. The van der Waals surface area contributed by atoms with Crippen LogP contribution in [0.25, 0.3) is 0 Å². The second-order valence-electron chi connectivity index (χ2n) is 4.10. The second-order valence-corrected chi connectivity index (χ2v) is 5.01. The molecule has 0 fully saturated rings. The maximum atomic E-state index is 11.6. The van der Waals surface area contributed by atoms with E-state index in [1.807, 2.05) is 32.0 Å². The lowest BCUT2D eigenvalue weighted by molar-refractivity contribution is 0.0361. The van der Waals surface area contributed by atoms with Gasteiger partial charge in [-0.15, -0.1) is 0 Å². The molecule has 0 saturated carbocycles. The number of amides is 1. The van der Waals surface area contributed by atoms with Crippen LogP contribution in [-0.4, -0.2) is 13.1 Å². The van der Waals surface area contributed by atoms with Crippen molar-refractivity contribution in [2.24, 2.45) is 0 Å². The highest BCUT2D eigenvalue weighted by atomic mass is 79.9. The first kappa shape index (κ1) is 10.5. The lowest BCUT2D eigenvalue weighted by Crippen LogP contribution is -2.41. The Balaban J connectivity index is 2.64. The topological polar surface area (TPSA) is 29.5 Å². The van der Waals surface area contributed by atoms with Crippen LogP contribution in [0.1, 0.15) is 19.4 Å². The Kier molecular flexibility index (Phi) is 2.26. The van der Waals surface area contributed by atoms with Gasteiger partial charge < -0.3 is 4.74 Å². The Morgan fingerprint density at radius 1 is 1.40 bits per heavy atom. The molecular weight excluding hydrogens is 258 g/mol. The number of carbonyl (C=O) groups excluding carboxylic acids is 1. The molecule has 0 saturated heterocycles. The Morgan fingerprint density at radius 3 is 2.73 bits per heavy atom. The van der Waals surface area contributed by atoms with E-state index in [1.54, 1.807) is 7.05 Å². The number of anilines is 1. The Bertz CT molecular complexity index is 429. The van der Waals surface area contributed by atoms with E-state index in [0.29, 0.717) is 0 Å². The van der Waals surface area contributed by atoms with Gasteiger partial charge in [0, 0.05) is 17.1 Å². The minimum Gasteiger partial charge on any atom is -0.438 e. The summed E-state index contributed by atoms with van der Waals surface area (Å²) in [5.74, 6) is 0. The standard InChI is InChI=1S/C11H12BrNO2/c1-11(2)8-5-4-7(12)6-9(8)13(3)10(14)15-11/h4-6H,1-3H3. The summed E-state index contributed by atoms with van der Waals surface area (Å²) in [6.07, 6.45) is -0.314. The van der Waals surface area contributed by atoms with Gasteiger partial charge >= 0.3 is 6.09 Å². The van der Waals surface area contributed by atoms with Crippen molar-refractivity contribution in [1.29, 1.82) is 0 Å². The molecule has 80 valence electrons. The predicted molar refractivity (Wildman–Crippen MR) is 62.1 cm³/mol. The van der Waals surface area contributed by atoms with E-state index >= 15 is 0 Å². The van der Waals surface area contributed by atoms with Crippen molar-refractivity contribution in [3.05, 3.63) is 28.2 Å². The van der Waals surface area contributed by atoms with E-state index in [4.69, 9.17) is 4.74 Å². The van der Waals surface area contributed by atoms with E-state index in [1.165, 1.54) is 4.90 Å². The number of fused-ring (bicyclic) bond motifs is 1. The van der Waals surface area contributed by atoms with Gasteiger partial charge in [-0.3, -0.25) is 4.90 Å². The number of hydrogen-bond acceptors (Lipinski definition) is 2. The molecule has 3 nitrogen and oxygen atoms in total. The van der Waals surface area contributed by atoms with Crippen LogP contribution in [0.5, 0.6) is 0 Å². The first-order valence-electron chi connectivity index (χ1n) is 4.68. The molecule has 1 aromatic rings. The monoisotopic (exact) mass is 269 g/mol. The molecule has 1 aromatic carbocycles. The first-order chi connectivity index (χ1) is 6.92. The van der Waals surface area contributed by atoms with Gasteiger partial charge in [0.15, 0.2) is 0 Å². The molecule has 0 aromatic heterocycles. The number of rotatable bonds is 0. The molecule has 1 heterocycles. The van der Waals surface area contributed by atoms with Crippen LogP contribution in [0.2, 0.25) is 0 Å². The van der Waals surface area contributed by atoms with Crippen LogP contribution in [0.3, 0.4) is 0 Å². The van der Waals surface area contributed by atoms with E-state index in [0.717, 1.165) is 15.7 Å². The SMILES string of the molecule is CN1C(=O)OC(C)(C)c2ccc(Br)cc21. The molecule has 0 unspecified atom stereocenters. The Hall–Kier alpha value is -1.03. The molecule has 0 atom stereocenters. The van der Waals surface area contributed by atoms with Crippen LogP contribution >= 0.6 is 15.9 Å². The van der Waals surface area contributed by atoms with Crippen molar-refractivity contribution >= 4 is 27.7 Å². The predicted octanol–water partition coefficient (Wildman–Crippen LogP) is 3.27. The zero-order valence-corrected chi connectivity index (χ0v) is 10.5. The maximum Gasteiger partial charge on any atom is 0.414 e. The number of ether oxygens (including phenoxy) is 1. The van der Waals surface area contributed by atoms with Gasteiger partial charge in [0.2, 0.25) is 0 Å². The fourth-order valence-corrected chi connectivity index (χ4v) is 2.08. The molecule has 1 amide bonds. The van der Waals surface area contributed by atoms with Crippen LogP contribution in [0.15, 0.2) is 22.7 Å². The number of cyclic esters (lactones) is 1. The van der Waals surface area contributed by atoms with Gasteiger partial charge in [0.05, 0.1) is 5.69 Å². The second kappa shape index (κ2) is 3.23. The normalized spacial score (nSPS) is 18.4. The summed E-state index contributed by atoms with van der Waals surface area (Å²) in [5, 5.41) is 0. The summed E-state index contributed by atoms with van der Waals surface area (Å²) in [6.45, 7) is 3.79. The fraction of sp³-hybridized carbons (Fsp3) is 0.364. The molecule has 2 rings (SSSR count). The van der Waals surface area contributed by atoms with E-state index in [-0.39, 0.29) is 6.09 Å². The van der Waals surface area contributed by atoms with Crippen LogP contribution < -0.4 is 4.90 Å². The van der Waals surface area contributed by atoms with Gasteiger partial charge in [-0.2, -0.15) is 0 Å². The summed E-state index contributed by atoms with van der Waals surface area (Å²) in [7, 11) is 1.71. The molecule has 0 bridgehead atoms. The minimum absolute atomic E-state index is 0.314. The number of halogens is 1. The molecule has 4 heteroatoms. The van der Waals surface area contributed by atoms with Crippen molar-refractivity contribution in [1.82, 2.24) is 0 Å². The van der Waals surface area contributed by atoms with Crippen molar-refractivity contribution < 1.29 is 9.53 Å². The van der Waals surface area contributed by atoms with Crippen molar-refractivity contribution in [3.63, 3.8) is 0 Å². The lowest BCUT2D eigenvalue weighted by Gasteiger charge is -2.36. The molecule has 1 aliphatic heterocycles. The van der Waals surface area contributed by atoms with Crippen molar-refractivity contribution in [2.45, 2.75) is 19.4 Å². The lowest BCUT2D eigenvalue weighted by atomic mass is 9.94. The fourth-order valence-electron chi connectivity index (χ4n) is 1.73. The van der Waals surface area contributed by atoms with Gasteiger partial charge in [-0.1, -0.05) is 22.0 Å². The summed E-state index contributed by atoms with van der Waals surface area (Å²) in [4.78, 5) is 13.1. The van der Waals surface area contributed by atoms with Crippen molar-refractivity contribution in [3.8, 4) is 0 Å². The molecular formula is C11H12BrNO2. The third-order valence-corrected chi connectivity index (χ3v) is 3.08. The summed E-state index contributed by atoms with van der Waals surface area (Å²) in [6, 6.07) is 5.85. The first-order valence-corrected chi connectivity index (χ1v) is 5.48. The Morgan fingerprint density at radius 2 is 2.07 bits per heavy atom. The Labute approximate surface area is 97.2 Å². The summed E-state index contributed by atoms with van der Waals surface area (Å²) in [5.41, 5.74) is 1.36. The zero-order chi connectivity index (χ0) is 11.2. The smallest absolute Gasteiger partial charge is 0.414 e. The molecule has 0 spiro atoms. The van der Waals surface area contributed by atoms with Crippen molar-refractivity contribution in [2.75, 3.05) is 11.9 Å². The minimum atomic E-state index is -0.556. The van der Waals surface area contributed by atoms with E-state index in [2.05, 4.69) is 15.9 Å². The number of hydrogen-bond donors (Lipinski definition) is 0. The average molecular weight is 270 g/mol. The molecule has 0 N–H and O–H groups in total. The third kappa shape index (κ3) is 1.63. The van der Waals surface area contributed by atoms with Gasteiger partial charge in [0.25, 0.3) is 0 Å². The molecule has 0 radical (unpaired) electrons. The van der Waals surface area contributed by atoms with Crippen LogP contribution in [0, 0.1) is 0 Å². The highest BCUT2D eigenvalue weighted by molar-refractivity contribution is 9.10. The molecule has 15 heavy (non-hydrogen) atoms. The summed E-state index contributed by atoms with van der Waals surface area (Å²) >= 11 is 3.40. The number of benzene rings is 1. The van der Waals surface area contributed by atoms with E-state index in [9.17, 15) is 4.79 Å². The van der Waals surface area contributed by atoms with Crippen LogP contribution in [0.4, 0.5) is 10.5 Å². The van der Waals surface area contributed by atoms with E-state index < -0.39 is 5.60 Å². The van der Waals surface area contributed by atoms with Gasteiger partial charge in [-0.05, 0) is 26.0 Å². The summed E-state index contributed by atoms with van der Waals surface area (Å²) < 4.78 is 6.28. The quantitative estimate of drug-likeness (QED) is 0.724. The van der Waals surface area contributed by atoms with Gasteiger partial charge in [-0.25, -0.2) is 4.79 Å². The third-order valence-electron chi connectivity index (χ3n) is 2.59. The highest BCUT2D eigenvalue weighted by Gasteiger charge is 2.36. The highest BCUT2D eigenvalue weighted by Crippen LogP contribution is 2.39. The molecule has 1 aliphatic rings. The van der Waals surface area contributed by atoms with Crippen LogP contribution in [-0.2, 0) is 10.3 Å².